The lowest BCUT2D eigenvalue weighted by molar-refractivity contribution is 1.20. The number of aromatic nitrogens is 3. The maximum absolute atomic E-state index is 5.89. The fraction of sp³-hybridized carbons (Fsp3) is 0. The normalized spacial score (nSPS) is 11.1. The van der Waals surface area contributed by atoms with Crippen LogP contribution in [0.5, 0.6) is 0 Å². The third-order valence-corrected chi connectivity index (χ3v) is 4.17. The molecule has 0 aliphatic carbocycles. The summed E-state index contributed by atoms with van der Waals surface area (Å²) >= 11 is 8.51. The van der Waals surface area contributed by atoms with Gasteiger partial charge in [0, 0.05) is 10.9 Å². The molecule has 0 atom stereocenters. The average molecular weight is 268 g/mol. The van der Waals surface area contributed by atoms with Crippen LogP contribution in [0.4, 0.5) is 0 Å². The molecule has 0 bridgehead atoms. The van der Waals surface area contributed by atoms with Gasteiger partial charge in [-0.25, -0.2) is 0 Å². The Morgan fingerprint density at radius 2 is 2.12 bits per heavy atom. The minimum absolute atomic E-state index is 0.466. The Hall–Kier alpha value is -1.04. The number of nitrogens with zero attached hydrogens (tertiary/aromatic N) is 2. The third kappa shape index (κ3) is 1.81. The molecule has 16 heavy (non-hydrogen) atoms. The summed E-state index contributed by atoms with van der Waals surface area (Å²) in [5.41, 5.74) is 1.12. The Bertz CT molecular complexity index is 599. The Morgan fingerprint density at radius 3 is 2.88 bits per heavy atom. The van der Waals surface area contributed by atoms with Gasteiger partial charge in [0.2, 0.25) is 0 Å². The predicted molar refractivity (Wildman–Crippen MR) is 67.3 cm³/mol. The molecule has 80 valence electrons. The van der Waals surface area contributed by atoms with Crippen molar-refractivity contribution in [1.29, 1.82) is 0 Å². The van der Waals surface area contributed by atoms with Crippen molar-refractivity contribution in [1.82, 2.24) is 13.7 Å². The van der Waals surface area contributed by atoms with Crippen molar-refractivity contribution in [3.8, 4) is 0 Å². The second kappa shape index (κ2) is 4.08. The molecule has 0 saturated carbocycles. The number of nitrogens with one attached hydrogen (secondary N) is 1. The van der Waals surface area contributed by atoms with E-state index in [0.717, 1.165) is 27.3 Å². The highest BCUT2D eigenvalue weighted by Crippen LogP contribution is 2.32. The topological polar surface area (TPSA) is 41.6 Å². The van der Waals surface area contributed by atoms with Crippen molar-refractivity contribution in [2.24, 2.45) is 0 Å². The van der Waals surface area contributed by atoms with Crippen LogP contribution in [0, 0.1) is 0 Å². The molecule has 0 unspecified atom stereocenters. The van der Waals surface area contributed by atoms with Gasteiger partial charge < -0.3 is 4.98 Å². The Kier molecular flexibility index (Phi) is 2.59. The van der Waals surface area contributed by atoms with Crippen LogP contribution in [-0.4, -0.2) is 13.7 Å². The quantitative estimate of drug-likeness (QED) is 0.767. The zero-order valence-electron chi connectivity index (χ0n) is 7.98. The molecule has 0 saturated heterocycles. The standard InChI is InChI=1S/C10H6ClN3S2/c11-9-10(14-16-13-9)15-8-5-6-3-1-2-4-7(6)12-8/h1-5,12H. The number of para-hydroxylation sites is 1. The summed E-state index contributed by atoms with van der Waals surface area (Å²) in [7, 11) is 0. The minimum Gasteiger partial charge on any atom is -0.349 e. The number of halogens is 1. The summed E-state index contributed by atoms with van der Waals surface area (Å²) in [4.78, 5) is 3.30. The van der Waals surface area contributed by atoms with Crippen molar-refractivity contribution in [3.05, 3.63) is 35.5 Å². The smallest absolute Gasteiger partial charge is 0.177 e. The number of aromatic amines is 1. The highest BCUT2D eigenvalue weighted by atomic mass is 35.5. The molecule has 0 amide bonds. The van der Waals surface area contributed by atoms with E-state index in [1.807, 2.05) is 18.2 Å². The summed E-state index contributed by atoms with van der Waals surface area (Å²) in [5.74, 6) is 0. The molecule has 0 spiro atoms. The van der Waals surface area contributed by atoms with Gasteiger partial charge in [0.05, 0.1) is 16.8 Å². The van der Waals surface area contributed by atoms with Crippen molar-refractivity contribution in [2.45, 2.75) is 10.1 Å². The van der Waals surface area contributed by atoms with E-state index in [0.29, 0.717) is 5.15 Å². The first-order chi connectivity index (χ1) is 7.83. The van der Waals surface area contributed by atoms with Crippen molar-refractivity contribution in [3.63, 3.8) is 0 Å². The molecule has 2 aromatic heterocycles. The molecule has 0 fully saturated rings. The van der Waals surface area contributed by atoms with Crippen LogP contribution in [0.25, 0.3) is 10.9 Å². The molecule has 3 nitrogen and oxygen atoms in total. The molecule has 6 heteroatoms. The lowest BCUT2D eigenvalue weighted by Gasteiger charge is -1.91. The van der Waals surface area contributed by atoms with Gasteiger partial charge in [-0.2, -0.15) is 8.75 Å². The van der Waals surface area contributed by atoms with Crippen LogP contribution in [0.2, 0.25) is 5.15 Å². The molecule has 0 aliphatic heterocycles. The van der Waals surface area contributed by atoms with Crippen LogP contribution >= 0.6 is 35.1 Å². The van der Waals surface area contributed by atoms with Gasteiger partial charge in [0.15, 0.2) is 10.2 Å². The van der Waals surface area contributed by atoms with Crippen molar-refractivity contribution in [2.75, 3.05) is 0 Å². The first-order valence-electron chi connectivity index (χ1n) is 4.56. The molecule has 0 aliphatic rings. The van der Waals surface area contributed by atoms with Crippen LogP contribution in [0.15, 0.2) is 40.4 Å². The molecule has 0 radical (unpaired) electrons. The van der Waals surface area contributed by atoms with E-state index < -0.39 is 0 Å². The molecular weight excluding hydrogens is 262 g/mol. The summed E-state index contributed by atoms with van der Waals surface area (Å²) in [6.45, 7) is 0. The fourth-order valence-electron chi connectivity index (χ4n) is 1.44. The van der Waals surface area contributed by atoms with Gasteiger partial charge in [-0.15, -0.1) is 0 Å². The lowest BCUT2D eigenvalue weighted by Crippen LogP contribution is -1.73. The molecule has 1 aromatic carbocycles. The van der Waals surface area contributed by atoms with Crippen molar-refractivity contribution < 1.29 is 0 Å². The fourth-order valence-corrected chi connectivity index (χ4v) is 3.09. The van der Waals surface area contributed by atoms with Crippen molar-refractivity contribution >= 4 is 46.0 Å². The van der Waals surface area contributed by atoms with E-state index in [4.69, 9.17) is 11.6 Å². The third-order valence-electron chi connectivity index (χ3n) is 2.13. The van der Waals surface area contributed by atoms with E-state index in [2.05, 4.69) is 25.9 Å². The number of fused-ring (bicyclic) bond motifs is 1. The van der Waals surface area contributed by atoms with E-state index in [1.54, 1.807) is 0 Å². The summed E-state index contributed by atoms with van der Waals surface area (Å²) in [5, 5.41) is 3.42. The Balaban J connectivity index is 1.98. The lowest BCUT2D eigenvalue weighted by atomic mass is 10.3. The summed E-state index contributed by atoms with van der Waals surface area (Å²) < 4.78 is 8.05. The van der Waals surface area contributed by atoms with Crippen LogP contribution < -0.4 is 0 Å². The number of benzene rings is 1. The van der Waals surface area contributed by atoms with Crippen LogP contribution in [0.3, 0.4) is 0 Å². The highest BCUT2D eigenvalue weighted by Gasteiger charge is 2.09. The Morgan fingerprint density at radius 1 is 1.25 bits per heavy atom. The average Bonchev–Trinajstić information content (AvgIpc) is 2.85. The maximum Gasteiger partial charge on any atom is 0.177 e. The van der Waals surface area contributed by atoms with Gasteiger partial charge >= 0.3 is 0 Å². The first-order valence-corrected chi connectivity index (χ1v) is 6.49. The maximum atomic E-state index is 5.89. The monoisotopic (exact) mass is 267 g/mol. The zero-order valence-corrected chi connectivity index (χ0v) is 10.4. The second-order valence-corrected chi connectivity index (χ2v) is 5.10. The SMILES string of the molecule is Clc1nsnc1Sc1cc2ccccc2[nH]1. The predicted octanol–water partition coefficient (Wildman–Crippen LogP) is 3.82. The minimum atomic E-state index is 0.466. The molecular formula is C10H6ClN3S2. The van der Waals surface area contributed by atoms with E-state index >= 15 is 0 Å². The molecule has 3 aromatic rings. The second-order valence-electron chi connectivity index (χ2n) is 3.18. The number of H-pyrrole nitrogens is 1. The van der Waals surface area contributed by atoms with E-state index in [-0.39, 0.29) is 0 Å². The van der Waals surface area contributed by atoms with Gasteiger partial charge in [-0.3, -0.25) is 0 Å². The van der Waals surface area contributed by atoms with Gasteiger partial charge in [0.1, 0.15) is 0 Å². The van der Waals surface area contributed by atoms with Crippen LogP contribution in [-0.2, 0) is 0 Å². The summed E-state index contributed by atoms with van der Waals surface area (Å²) in [6.07, 6.45) is 0. The van der Waals surface area contributed by atoms with E-state index in [1.165, 1.54) is 17.1 Å². The number of hydrogen-bond acceptors (Lipinski definition) is 4. The van der Waals surface area contributed by atoms with E-state index in [9.17, 15) is 0 Å². The molecule has 2 heterocycles. The first kappa shape index (κ1) is 10.1. The van der Waals surface area contributed by atoms with Gasteiger partial charge in [-0.05, 0) is 23.9 Å². The van der Waals surface area contributed by atoms with Gasteiger partial charge in [0.25, 0.3) is 0 Å². The zero-order chi connectivity index (χ0) is 11.0. The largest absolute Gasteiger partial charge is 0.349 e. The summed E-state index contributed by atoms with van der Waals surface area (Å²) in [6, 6.07) is 10.2. The molecule has 3 rings (SSSR count). The number of hydrogen-bond donors (Lipinski definition) is 1. The highest BCUT2D eigenvalue weighted by molar-refractivity contribution is 7.99. The Labute approximate surface area is 105 Å². The van der Waals surface area contributed by atoms with Crippen LogP contribution in [0.1, 0.15) is 0 Å². The molecule has 1 N–H and O–H groups in total. The number of rotatable bonds is 2. The van der Waals surface area contributed by atoms with Gasteiger partial charge in [-0.1, -0.05) is 29.8 Å².